The average Bonchev–Trinajstić information content (AvgIpc) is 2.29. The van der Waals surface area contributed by atoms with E-state index in [9.17, 15) is 9.59 Å². The molecule has 1 rings (SSSR count). The number of piperazine rings is 1. The number of nitrogens with zero attached hydrogens (tertiary/aromatic N) is 2. The molecule has 1 aliphatic rings. The van der Waals surface area contributed by atoms with Gasteiger partial charge in [0.1, 0.15) is 0 Å². The Labute approximate surface area is 102 Å². The Morgan fingerprint density at radius 1 is 1.24 bits per heavy atom. The minimum Gasteiger partial charge on any atom is -0.480 e. The predicted molar refractivity (Wildman–Crippen MR) is 63.8 cm³/mol. The summed E-state index contributed by atoms with van der Waals surface area (Å²) in [6, 6.07) is 0. The zero-order valence-corrected chi connectivity index (χ0v) is 10.3. The number of carboxylic acids is 1. The third-order valence-electron chi connectivity index (χ3n) is 2.85. The van der Waals surface area contributed by atoms with E-state index in [1.165, 1.54) is 0 Å². The smallest absolute Gasteiger partial charge is 0.317 e. The first-order chi connectivity index (χ1) is 8.13. The molecule has 6 nitrogen and oxygen atoms in total. The molecule has 0 saturated carbocycles. The molecular weight excluding hydrogens is 222 g/mol. The largest absolute Gasteiger partial charge is 0.480 e. The number of hydrogen-bond donors (Lipinski definition) is 2. The van der Waals surface area contributed by atoms with E-state index in [0.29, 0.717) is 39.1 Å². The first kappa shape index (κ1) is 13.9. The number of aliphatic carboxylic acids is 1. The molecule has 1 heterocycles. The summed E-state index contributed by atoms with van der Waals surface area (Å²) in [5.41, 5.74) is 0. The van der Waals surface area contributed by atoms with Gasteiger partial charge in [0.2, 0.25) is 5.91 Å². The van der Waals surface area contributed by atoms with Crippen molar-refractivity contribution in [1.82, 2.24) is 15.1 Å². The van der Waals surface area contributed by atoms with Gasteiger partial charge in [-0.15, -0.1) is 0 Å². The molecule has 1 saturated heterocycles. The highest BCUT2D eigenvalue weighted by molar-refractivity contribution is 5.76. The number of nitrogens with one attached hydrogen (secondary N) is 1. The maximum Gasteiger partial charge on any atom is 0.317 e. The van der Waals surface area contributed by atoms with Crippen LogP contribution in [-0.2, 0) is 9.59 Å². The third kappa shape index (κ3) is 5.14. The number of hydrogen-bond acceptors (Lipinski definition) is 4. The van der Waals surface area contributed by atoms with E-state index in [0.717, 1.165) is 6.54 Å². The van der Waals surface area contributed by atoms with Gasteiger partial charge in [0, 0.05) is 39.1 Å². The van der Waals surface area contributed by atoms with E-state index >= 15 is 0 Å². The summed E-state index contributed by atoms with van der Waals surface area (Å²) >= 11 is 0. The molecule has 0 unspecified atom stereocenters. The number of carbonyl (C=O) groups excluding carboxylic acids is 1. The second kappa shape index (κ2) is 7.24. The SMILES string of the molecule is CCNCCC(=O)N1CCN(CC(=O)O)CC1. The topological polar surface area (TPSA) is 72.9 Å². The van der Waals surface area contributed by atoms with Crippen molar-refractivity contribution in [3.63, 3.8) is 0 Å². The normalized spacial score (nSPS) is 17.1. The fourth-order valence-corrected chi connectivity index (χ4v) is 1.88. The Hall–Kier alpha value is -1.14. The molecule has 1 fully saturated rings. The number of rotatable bonds is 6. The van der Waals surface area contributed by atoms with Gasteiger partial charge in [-0.2, -0.15) is 0 Å². The summed E-state index contributed by atoms with van der Waals surface area (Å²) in [6.45, 7) is 6.24. The van der Waals surface area contributed by atoms with Crippen LogP contribution >= 0.6 is 0 Å². The van der Waals surface area contributed by atoms with Crippen LogP contribution in [0.4, 0.5) is 0 Å². The van der Waals surface area contributed by atoms with Gasteiger partial charge >= 0.3 is 5.97 Å². The monoisotopic (exact) mass is 243 g/mol. The molecule has 1 amide bonds. The van der Waals surface area contributed by atoms with Crippen molar-refractivity contribution in [2.45, 2.75) is 13.3 Å². The molecule has 0 radical (unpaired) electrons. The van der Waals surface area contributed by atoms with Crippen LogP contribution in [0.25, 0.3) is 0 Å². The molecule has 0 spiro atoms. The molecule has 98 valence electrons. The van der Waals surface area contributed by atoms with Crippen LogP contribution in [0.15, 0.2) is 0 Å². The first-order valence-corrected chi connectivity index (χ1v) is 6.06. The molecule has 2 N–H and O–H groups in total. The van der Waals surface area contributed by atoms with Gasteiger partial charge in [-0.25, -0.2) is 0 Å². The van der Waals surface area contributed by atoms with Crippen LogP contribution in [-0.4, -0.2) is 72.6 Å². The minimum atomic E-state index is -0.808. The van der Waals surface area contributed by atoms with E-state index in [4.69, 9.17) is 5.11 Å². The first-order valence-electron chi connectivity index (χ1n) is 6.06. The van der Waals surface area contributed by atoms with Crippen LogP contribution in [0.1, 0.15) is 13.3 Å². The summed E-state index contributed by atoms with van der Waals surface area (Å²) in [5.74, 6) is -0.655. The summed E-state index contributed by atoms with van der Waals surface area (Å²) < 4.78 is 0. The summed E-state index contributed by atoms with van der Waals surface area (Å²) in [4.78, 5) is 26.0. The Balaban J connectivity index is 2.21. The highest BCUT2D eigenvalue weighted by Crippen LogP contribution is 2.03. The minimum absolute atomic E-state index is 0.0689. The van der Waals surface area contributed by atoms with Gasteiger partial charge in [-0.05, 0) is 6.54 Å². The lowest BCUT2D eigenvalue weighted by molar-refractivity contribution is -0.139. The van der Waals surface area contributed by atoms with E-state index in [1.54, 1.807) is 0 Å². The van der Waals surface area contributed by atoms with Crippen molar-refractivity contribution in [2.75, 3.05) is 45.8 Å². The van der Waals surface area contributed by atoms with Crippen LogP contribution in [0.3, 0.4) is 0 Å². The van der Waals surface area contributed by atoms with Crippen LogP contribution < -0.4 is 5.32 Å². The Bertz CT molecular complexity index is 263. The Morgan fingerprint density at radius 2 is 1.88 bits per heavy atom. The molecule has 0 aromatic rings. The van der Waals surface area contributed by atoms with E-state index < -0.39 is 5.97 Å². The van der Waals surface area contributed by atoms with Crippen LogP contribution in [0.2, 0.25) is 0 Å². The standard InChI is InChI=1S/C11H21N3O3/c1-2-12-4-3-10(15)14-7-5-13(6-8-14)9-11(16)17/h12H,2-9H2,1H3,(H,16,17). The quantitative estimate of drug-likeness (QED) is 0.598. The summed E-state index contributed by atoms with van der Waals surface area (Å²) in [6.07, 6.45) is 0.521. The van der Waals surface area contributed by atoms with Gasteiger partial charge in [-0.1, -0.05) is 6.92 Å². The number of carboxylic acid groups (broad SMARTS) is 1. The van der Waals surface area contributed by atoms with Gasteiger partial charge in [0.25, 0.3) is 0 Å². The molecule has 1 aliphatic heterocycles. The van der Waals surface area contributed by atoms with Gasteiger partial charge in [0.05, 0.1) is 6.54 Å². The molecule has 0 atom stereocenters. The van der Waals surface area contributed by atoms with E-state index in [1.807, 2.05) is 16.7 Å². The highest BCUT2D eigenvalue weighted by Gasteiger charge is 2.21. The molecule has 0 aromatic carbocycles. The zero-order chi connectivity index (χ0) is 12.7. The van der Waals surface area contributed by atoms with Crippen LogP contribution in [0.5, 0.6) is 0 Å². The average molecular weight is 243 g/mol. The summed E-state index contributed by atoms with van der Waals surface area (Å²) in [7, 11) is 0. The zero-order valence-electron chi connectivity index (χ0n) is 10.3. The van der Waals surface area contributed by atoms with Gasteiger partial charge < -0.3 is 15.3 Å². The second-order valence-electron chi connectivity index (χ2n) is 4.15. The molecule has 0 aromatic heterocycles. The van der Waals surface area contributed by atoms with Gasteiger partial charge in [0.15, 0.2) is 0 Å². The predicted octanol–water partition coefficient (Wildman–Crippen LogP) is -0.785. The number of amides is 1. The van der Waals surface area contributed by atoms with Crippen molar-refractivity contribution in [1.29, 1.82) is 0 Å². The van der Waals surface area contributed by atoms with E-state index in [-0.39, 0.29) is 12.5 Å². The van der Waals surface area contributed by atoms with Gasteiger partial charge in [-0.3, -0.25) is 14.5 Å². The Kier molecular flexibility index (Phi) is 5.93. The lowest BCUT2D eigenvalue weighted by Gasteiger charge is -2.33. The van der Waals surface area contributed by atoms with Crippen molar-refractivity contribution >= 4 is 11.9 Å². The maximum absolute atomic E-state index is 11.8. The lowest BCUT2D eigenvalue weighted by atomic mass is 10.2. The number of carbonyl (C=O) groups is 2. The van der Waals surface area contributed by atoms with Crippen LogP contribution in [0, 0.1) is 0 Å². The fourth-order valence-electron chi connectivity index (χ4n) is 1.88. The van der Waals surface area contributed by atoms with E-state index in [2.05, 4.69) is 5.32 Å². The summed E-state index contributed by atoms with van der Waals surface area (Å²) in [5, 5.41) is 11.8. The fraction of sp³-hybridized carbons (Fsp3) is 0.818. The Morgan fingerprint density at radius 3 is 2.41 bits per heavy atom. The molecule has 0 bridgehead atoms. The molecule has 0 aliphatic carbocycles. The molecular formula is C11H21N3O3. The third-order valence-corrected chi connectivity index (χ3v) is 2.85. The second-order valence-corrected chi connectivity index (χ2v) is 4.15. The van der Waals surface area contributed by atoms with Crippen molar-refractivity contribution < 1.29 is 14.7 Å². The van der Waals surface area contributed by atoms with Crippen molar-refractivity contribution in [3.8, 4) is 0 Å². The van der Waals surface area contributed by atoms with Crippen molar-refractivity contribution in [2.24, 2.45) is 0 Å². The lowest BCUT2D eigenvalue weighted by Crippen LogP contribution is -2.50. The maximum atomic E-state index is 11.8. The van der Waals surface area contributed by atoms with Crippen molar-refractivity contribution in [3.05, 3.63) is 0 Å². The molecule has 17 heavy (non-hydrogen) atoms. The highest BCUT2D eigenvalue weighted by atomic mass is 16.4. The molecule has 6 heteroatoms.